The second-order valence-corrected chi connectivity index (χ2v) is 18.4. The number of amides is 1. The van der Waals surface area contributed by atoms with Gasteiger partial charge in [0.2, 0.25) is 11.6 Å². The van der Waals surface area contributed by atoms with Crippen molar-refractivity contribution in [3.05, 3.63) is 29.3 Å². The summed E-state index contributed by atoms with van der Waals surface area (Å²) in [5.74, 6) is 0.180. The summed E-state index contributed by atoms with van der Waals surface area (Å²) in [5.41, 5.74) is -0.172. The smallest absolute Gasteiger partial charge is 0.345 e. The van der Waals surface area contributed by atoms with Crippen LogP contribution in [0.2, 0.25) is 5.02 Å². The summed E-state index contributed by atoms with van der Waals surface area (Å²) in [6, 6.07) is 6.91. The summed E-state index contributed by atoms with van der Waals surface area (Å²) in [6.45, 7) is 13.0. The van der Waals surface area contributed by atoms with Gasteiger partial charge < -0.3 is 18.9 Å². The van der Waals surface area contributed by atoms with Gasteiger partial charge in [0.25, 0.3) is 0 Å². The van der Waals surface area contributed by atoms with E-state index in [1.807, 2.05) is 13.8 Å². The summed E-state index contributed by atoms with van der Waals surface area (Å²) in [7, 11) is 0. The Bertz CT molecular complexity index is 1530. The van der Waals surface area contributed by atoms with Crippen molar-refractivity contribution < 1.29 is 48.1 Å². The fraction of sp³-hybridized carbons (Fsp3) is 0.800. The molecule has 11 rings (SSSR count). The van der Waals surface area contributed by atoms with Gasteiger partial charge in [-0.15, -0.1) is 0 Å². The second-order valence-electron chi connectivity index (χ2n) is 18.0. The first-order valence-electron chi connectivity index (χ1n) is 20.0. The average Bonchev–Trinajstić information content (AvgIpc) is 3.49. The van der Waals surface area contributed by atoms with E-state index in [1.54, 1.807) is 24.3 Å². The van der Waals surface area contributed by atoms with Gasteiger partial charge in [0.15, 0.2) is 23.8 Å². The van der Waals surface area contributed by atoms with Crippen molar-refractivity contribution in [2.24, 2.45) is 52.5 Å². The molecule has 2 saturated carbocycles. The Hall–Kier alpha value is -1.87. The van der Waals surface area contributed by atoms with Crippen LogP contribution in [0.4, 0.5) is 10.5 Å². The van der Waals surface area contributed by atoms with E-state index in [9.17, 15) is 4.79 Å². The highest BCUT2D eigenvalue weighted by Gasteiger charge is 2.71. The number of oxime groups is 1. The van der Waals surface area contributed by atoms with Crippen LogP contribution in [0.15, 0.2) is 29.4 Å². The van der Waals surface area contributed by atoms with Crippen LogP contribution in [0.5, 0.6) is 0 Å². The van der Waals surface area contributed by atoms with E-state index in [-0.39, 0.29) is 47.7 Å². The summed E-state index contributed by atoms with van der Waals surface area (Å²) >= 11 is 6.17. The van der Waals surface area contributed by atoms with E-state index < -0.39 is 41.4 Å². The molecule has 0 radical (unpaired) electrons. The number of ether oxygens (including phenoxy) is 4. The fourth-order valence-corrected chi connectivity index (χ4v) is 12.0. The average molecular weight is 759 g/mol. The lowest BCUT2D eigenvalue weighted by Gasteiger charge is -2.61. The first kappa shape index (κ1) is 36.7. The van der Waals surface area contributed by atoms with Crippen LogP contribution >= 0.6 is 11.6 Å². The number of carbonyl (C=O) groups excluding carboxylic acids is 1. The molecule has 8 aliphatic heterocycles. The summed E-state index contributed by atoms with van der Waals surface area (Å²) in [6.07, 6.45) is 5.98. The van der Waals surface area contributed by atoms with Crippen LogP contribution in [0.25, 0.3) is 0 Å². The van der Waals surface area contributed by atoms with Crippen LogP contribution in [0.3, 0.4) is 0 Å². The van der Waals surface area contributed by atoms with Gasteiger partial charge in [-0.25, -0.2) is 24.3 Å². The highest BCUT2D eigenvalue weighted by molar-refractivity contribution is 6.30. The van der Waals surface area contributed by atoms with E-state index in [1.165, 1.54) is 0 Å². The third-order valence-electron chi connectivity index (χ3n) is 14.8. The van der Waals surface area contributed by atoms with Crippen molar-refractivity contribution in [3.63, 3.8) is 0 Å². The number of hydrogen-bond acceptors (Lipinski definition) is 11. The second kappa shape index (κ2) is 13.4. The summed E-state index contributed by atoms with van der Waals surface area (Å²) in [5, 5.41) is 7.81. The maximum atomic E-state index is 13.1. The zero-order valence-corrected chi connectivity index (χ0v) is 32.5. The molecule has 8 saturated heterocycles. The number of benzene rings is 1. The monoisotopic (exact) mass is 758 g/mol. The largest absolute Gasteiger partial charge is 0.437 e. The van der Waals surface area contributed by atoms with E-state index in [4.69, 9.17) is 54.9 Å². The molecule has 10 aliphatic rings. The quantitative estimate of drug-likeness (QED) is 0.131. The third kappa shape index (κ3) is 6.00. The normalized spacial score (nSPS) is 49.5. The first-order valence-corrected chi connectivity index (χ1v) is 20.4. The van der Waals surface area contributed by atoms with E-state index in [2.05, 4.69) is 38.2 Å². The van der Waals surface area contributed by atoms with Crippen molar-refractivity contribution in [2.45, 2.75) is 153 Å². The molecule has 2 spiro atoms. The Morgan fingerprint density at radius 1 is 0.774 bits per heavy atom. The molecular weight excluding hydrogens is 704 g/mol. The van der Waals surface area contributed by atoms with E-state index in [0.717, 1.165) is 51.4 Å². The van der Waals surface area contributed by atoms with Gasteiger partial charge in [-0.3, -0.25) is 10.2 Å². The van der Waals surface area contributed by atoms with E-state index >= 15 is 0 Å². The molecule has 16 atom stereocenters. The Kier molecular flexibility index (Phi) is 9.27. The van der Waals surface area contributed by atoms with Crippen LogP contribution in [0.1, 0.15) is 106 Å². The molecule has 1 aromatic carbocycles. The SMILES string of the molecule is C[C@H]1[C@@H](CC(C[C@H]2O[C@@H]3O[C@]4(C)CC[C@H]5[C@H](C)CC[C@@H]([C@H]2C)[C@@]35OO4)=NOC(=O)Nc2cccc(Cl)c2)O[C@@H]2O[C@]3(C)CC[C@H]4[C@H](C)CC[C@@H]1[C@@]24OO3. The number of carbonyl (C=O) groups is 1. The van der Waals surface area contributed by atoms with Crippen molar-refractivity contribution in [1.82, 2.24) is 0 Å². The summed E-state index contributed by atoms with van der Waals surface area (Å²) < 4.78 is 27.3. The summed E-state index contributed by atoms with van der Waals surface area (Å²) in [4.78, 5) is 43.7. The lowest BCUT2D eigenvalue weighted by Crippen LogP contribution is -2.70. The van der Waals surface area contributed by atoms with Gasteiger partial charge in [-0.05, 0) is 106 Å². The molecule has 0 unspecified atom stereocenters. The first-order chi connectivity index (χ1) is 25.3. The molecule has 13 heteroatoms. The van der Waals surface area contributed by atoms with Gasteiger partial charge in [-0.2, -0.15) is 0 Å². The number of rotatable bonds is 6. The zero-order valence-electron chi connectivity index (χ0n) is 31.7. The number of nitrogens with zero attached hydrogens (tertiary/aromatic N) is 1. The van der Waals surface area contributed by atoms with Crippen molar-refractivity contribution in [3.8, 4) is 0 Å². The lowest BCUT2D eigenvalue weighted by molar-refractivity contribution is -0.571. The third-order valence-corrected chi connectivity index (χ3v) is 15.0. The molecule has 1 aromatic rings. The molecule has 292 valence electrons. The molecule has 10 fully saturated rings. The van der Waals surface area contributed by atoms with Crippen LogP contribution < -0.4 is 5.32 Å². The topological polar surface area (TPSA) is 125 Å². The standard InChI is InChI=1S/C40H55ClN2O10/c1-21-10-12-30-23(3)32(45-34-39(30)28(21)14-16-37(5,47-34)50-52-39)19-27(43-49-36(44)42-26-9-7-8-25(41)18-26)20-33-24(4)31-13-11-22(2)29-15-17-38(6)48-35(46-33)40(29,31)53-51-38/h7-9,18,21-24,28-35H,10-17,19-20H2,1-6H3,(H,42,44)/t21-,22-,23-,24-,28+,29+,30+,31+,32-,33-,34-,35-,37+,38+,39-,40-/m1/s1. The van der Waals surface area contributed by atoms with Crippen molar-refractivity contribution >= 4 is 29.1 Å². The van der Waals surface area contributed by atoms with Crippen LogP contribution in [0, 0.1) is 47.3 Å². The maximum Gasteiger partial charge on any atom is 0.437 e. The molecular formula is C40H55ClN2O10. The Morgan fingerprint density at radius 3 is 1.81 bits per heavy atom. The number of hydrogen-bond donors (Lipinski definition) is 1. The molecule has 12 nitrogen and oxygen atoms in total. The molecule has 4 bridgehead atoms. The predicted molar refractivity (Wildman–Crippen MR) is 192 cm³/mol. The molecule has 2 aliphatic carbocycles. The van der Waals surface area contributed by atoms with Crippen LogP contribution in [-0.2, 0) is 43.3 Å². The number of fused-ring (bicyclic) bond motifs is 4. The Labute approximate surface area is 317 Å². The number of halogens is 1. The predicted octanol–water partition coefficient (Wildman–Crippen LogP) is 8.53. The van der Waals surface area contributed by atoms with Gasteiger partial charge in [0, 0.05) is 48.2 Å². The minimum Gasteiger partial charge on any atom is -0.345 e. The Morgan fingerprint density at radius 2 is 1.30 bits per heavy atom. The molecule has 1 amide bonds. The molecule has 8 heterocycles. The van der Waals surface area contributed by atoms with Crippen molar-refractivity contribution in [1.29, 1.82) is 0 Å². The minimum absolute atomic E-state index is 0.0846. The molecule has 0 aromatic heterocycles. The molecule has 53 heavy (non-hydrogen) atoms. The van der Waals surface area contributed by atoms with Gasteiger partial charge >= 0.3 is 6.09 Å². The van der Waals surface area contributed by atoms with Gasteiger partial charge in [0.1, 0.15) is 0 Å². The fourth-order valence-electron chi connectivity index (χ4n) is 11.9. The van der Waals surface area contributed by atoms with E-state index in [0.29, 0.717) is 41.1 Å². The number of nitrogens with one attached hydrogen (secondary N) is 1. The highest BCUT2D eigenvalue weighted by Crippen LogP contribution is 2.62. The zero-order chi connectivity index (χ0) is 36.9. The molecule has 1 N–H and O–H groups in total. The van der Waals surface area contributed by atoms with Crippen LogP contribution in [-0.4, -0.2) is 59.4 Å². The van der Waals surface area contributed by atoms with Gasteiger partial charge in [-0.1, -0.05) is 50.5 Å². The minimum atomic E-state index is -0.877. The van der Waals surface area contributed by atoms with Crippen molar-refractivity contribution in [2.75, 3.05) is 5.32 Å². The number of anilines is 1. The maximum absolute atomic E-state index is 13.1. The lowest BCUT2D eigenvalue weighted by atomic mass is 9.57. The highest BCUT2D eigenvalue weighted by atomic mass is 35.5. The van der Waals surface area contributed by atoms with Gasteiger partial charge in [0.05, 0.1) is 17.9 Å². The Balaban J connectivity index is 1.01.